The molecule has 1 saturated heterocycles. The lowest BCUT2D eigenvalue weighted by molar-refractivity contribution is -0.0213. The summed E-state index contributed by atoms with van der Waals surface area (Å²) in [6.07, 6.45) is 11.9. The van der Waals surface area contributed by atoms with Gasteiger partial charge in [0, 0.05) is 29.3 Å². The summed E-state index contributed by atoms with van der Waals surface area (Å²) >= 11 is 1.62. The largest absolute Gasteiger partial charge is 0.510 e. The molecule has 1 amide bonds. The number of hydrogen-bond donors (Lipinski definition) is 0. The fourth-order valence-corrected chi connectivity index (χ4v) is 7.35. The highest BCUT2D eigenvalue weighted by molar-refractivity contribution is 7.07. The Kier molecular flexibility index (Phi) is 6.59. The van der Waals surface area contributed by atoms with E-state index >= 15 is 0 Å². The second-order valence-electron chi connectivity index (χ2n) is 10.2. The van der Waals surface area contributed by atoms with Crippen LogP contribution in [-0.2, 0) is 14.2 Å². The smallest absolute Gasteiger partial charge is 0.451 e. The Bertz CT molecular complexity index is 1800. The molecule has 0 saturated carbocycles. The molecule has 4 heterocycles. The van der Waals surface area contributed by atoms with Crippen molar-refractivity contribution in [3.63, 3.8) is 0 Å². The number of rotatable bonds is 4. The van der Waals surface area contributed by atoms with E-state index < -0.39 is 36.5 Å². The van der Waals surface area contributed by atoms with Crippen LogP contribution >= 0.6 is 11.3 Å². The van der Waals surface area contributed by atoms with Gasteiger partial charge in [0.1, 0.15) is 12.0 Å². The number of morpholine rings is 1. The Balaban J connectivity index is 1.45. The summed E-state index contributed by atoms with van der Waals surface area (Å²) in [4.78, 5) is 40.3. The van der Waals surface area contributed by atoms with E-state index in [0.29, 0.717) is 19.6 Å². The zero-order chi connectivity index (χ0) is 29.0. The molecule has 0 spiro atoms. The van der Waals surface area contributed by atoms with Crippen LogP contribution in [0.3, 0.4) is 0 Å². The number of pyridine rings is 1. The van der Waals surface area contributed by atoms with E-state index in [9.17, 15) is 18.8 Å². The molecular weight excluding hydrogens is 565 g/mol. The highest BCUT2D eigenvalue weighted by atomic mass is 32.1. The maximum absolute atomic E-state index is 14.8. The van der Waals surface area contributed by atoms with Crippen molar-refractivity contribution in [3.05, 3.63) is 97.2 Å². The molecule has 1 fully saturated rings. The Morgan fingerprint density at radius 3 is 3.00 bits per heavy atom. The van der Waals surface area contributed by atoms with Crippen LogP contribution in [0.5, 0.6) is 5.75 Å². The van der Waals surface area contributed by atoms with Crippen molar-refractivity contribution in [1.82, 2.24) is 9.58 Å². The average Bonchev–Trinajstić information content (AvgIpc) is 3.46. The molecule has 216 valence electrons. The van der Waals surface area contributed by atoms with E-state index in [2.05, 4.69) is 16.9 Å². The van der Waals surface area contributed by atoms with Gasteiger partial charge in [0.15, 0.2) is 5.69 Å². The predicted molar refractivity (Wildman–Crippen MR) is 151 cm³/mol. The SMILES string of the molecule is COC(=O)OCOc1c2n(ccc1=O)N([C@@H]1C3=CC=CCC3=c3sccc3=C3C=C(F)C=CC31)[C@@H]1COCCN1C2=O. The average molecular weight is 592 g/mol. The van der Waals surface area contributed by atoms with E-state index in [0.717, 1.165) is 33.6 Å². The van der Waals surface area contributed by atoms with Crippen LogP contribution in [0.1, 0.15) is 16.9 Å². The Morgan fingerprint density at radius 2 is 2.14 bits per heavy atom. The van der Waals surface area contributed by atoms with Gasteiger partial charge in [-0.15, -0.1) is 11.3 Å². The first-order valence-corrected chi connectivity index (χ1v) is 14.4. The Morgan fingerprint density at radius 1 is 1.26 bits per heavy atom. The van der Waals surface area contributed by atoms with Crippen LogP contribution in [-0.4, -0.2) is 67.5 Å². The third-order valence-electron chi connectivity index (χ3n) is 8.09. The molecule has 42 heavy (non-hydrogen) atoms. The molecule has 12 heteroatoms. The minimum atomic E-state index is -0.986. The molecule has 10 nitrogen and oxygen atoms in total. The van der Waals surface area contributed by atoms with Gasteiger partial charge in [-0.2, -0.15) is 0 Å². The number of methoxy groups -OCH3 is 1. The number of amides is 1. The minimum Gasteiger partial charge on any atom is -0.451 e. The van der Waals surface area contributed by atoms with Gasteiger partial charge in [0.2, 0.25) is 18.0 Å². The van der Waals surface area contributed by atoms with Crippen LogP contribution in [0.2, 0.25) is 0 Å². The lowest BCUT2D eigenvalue weighted by atomic mass is 9.80. The molecule has 0 aromatic carbocycles. The van der Waals surface area contributed by atoms with Crippen LogP contribution < -0.4 is 24.9 Å². The highest BCUT2D eigenvalue weighted by Crippen LogP contribution is 2.41. The fraction of sp³-hybridized carbons (Fsp3) is 0.300. The van der Waals surface area contributed by atoms with Gasteiger partial charge in [0.05, 0.1) is 26.4 Å². The lowest BCUT2D eigenvalue weighted by Gasteiger charge is -2.53. The van der Waals surface area contributed by atoms with Crippen molar-refractivity contribution in [2.45, 2.75) is 18.6 Å². The third kappa shape index (κ3) is 4.12. The number of halogens is 1. The lowest BCUT2D eigenvalue weighted by Crippen LogP contribution is -2.69. The molecule has 0 radical (unpaired) electrons. The van der Waals surface area contributed by atoms with Crippen molar-refractivity contribution < 1.29 is 32.9 Å². The van der Waals surface area contributed by atoms with Crippen molar-refractivity contribution in [2.75, 3.05) is 38.7 Å². The molecule has 0 N–H and O–H groups in total. The first-order valence-electron chi connectivity index (χ1n) is 13.5. The fourth-order valence-electron chi connectivity index (χ4n) is 6.35. The molecule has 3 aliphatic carbocycles. The van der Waals surface area contributed by atoms with E-state index in [1.165, 1.54) is 12.1 Å². The summed E-state index contributed by atoms with van der Waals surface area (Å²) in [5.41, 5.74) is 2.46. The number of hydrogen-bond acceptors (Lipinski definition) is 9. The Labute approximate surface area is 243 Å². The highest BCUT2D eigenvalue weighted by Gasteiger charge is 2.48. The number of carbonyl (C=O) groups is 2. The van der Waals surface area contributed by atoms with E-state index in [4.69, 9.17) is 14.2 Å². The van der Waals surface area contributed by atoms with E-state index in [1.54, 1.807) is 33.2 Å². The third-order valence-corrected chi connectivity index (χ3v) is 9.07. The minimum absolute atomic E-state index is 0.00435. The standard InChI is InChI=1S/C30H26FN3O7S/c1-38-30(37)41-16-40-27-23(35)8-10-33-26(27)29(36)32-11-12-39-15-24(32)34(33)25-18-4-2-3-5-20(18)28-21(9-13-42-28)22-14-17(31)6-7-19(22)25/h2-4,6-10,13-14,19,24-25H,5,11-12,15-16H2,1H3/t19?,24-,25-/m1/s1. The number of thiophene rings is 1. The maximum Gasteiger partial charge on any atom is 0.510 e. The number of fused-ring (bicyclic) bond motifs is 5. The molecule has 2 aromatic rings. The number of nitrogens with zero attached hydrogens (tertiary/aromatic N) is 3. The van der Waals surface area contributed by atoms with Gasteiger partial charge in [-0.1, -0.05) is 24.3 Å². The van der Waals surface area contributed by atoms with Crippen LogP contribution in [0.4, 0.5) is 9.18 Å². The van der Waals surface area contributed by atoms with Gasteiger partial charge in [0.25, 0.3) is 5.91 Å². The molecule has 2 aromatic heterocycles. The second-order valence-corrected chi connectivity index (χ2v) is 11.1. The molecule has 7 rings (SSSR count). The number of aromatic nitrogens is 1. The van der Waals surface area contributed by atoms with E-state index in [1.807, 2.05) is 28.6 Å². The van der Waals surface area contributed by atoms with Crippen molar-refractivity contribution in [1.29, 1.82) is 0 Å². The summed E-state index contributed by atoms with van der Waals surface area (Å²) in [5.74, 6) is -1.29. The number of ether oxygens (including phenoxy) is 4. The predicted octanol–water partition coefficient (Wildman–Crippen LogP) is 2.09. The first-order chi connectivity index (χ1) is 20.5. The van der Waals surface area contributed by atoms with Crippen molar-refractivity contribution >= 4 is 34.5 Å². The molecule has 0 bridgehead atoms. The van der Waals surface area contributed by atoms with Crippen LogP contribution in [0.25, 0.3) is 11.1 Å². The number of carbonyl (C=O) groups excluding carboxylic acids is 2. The molecular formula is C30H26FN3O7S. The second kappa shape index (κ2) is 10.4. The summed E-state index contributed by atoms with van der Waals surface area (Å²) in [7, 11) is 1.15. The first kappa shape index (κ1) is 26.5. The van der Waals surface area contributed by atoms with Gasteiger partial charge in [-0.25, -0.2) is 9.18 Å². The topological polar surface area (TPSA) is 99.5 Å². The molecule has 2 aliphatic heterocycles. The van der Waals surface area contributed by atoms with Crippen LogP contribution in [0, 0.1) is 5.92 Å². The van der Waals surface area contributed by atoms with Gasteiger partial charge in [-0.05, 0) is 52.0 Å². The summed E-state index contributed by atoms with van der Waals surface area (Å²) in [6, 6.07) is 2.93. The van der Waals surface area contributed by atoms with E-state index in [-0.39, 0.29) is 29.8 Å². The van der Waals surface area contributed by atoms with Crippen LogP contribution in [0.15, 0.2) is 76.4 Å². The monoisotopic (exact) mass is 591 g/mol. The molecule has 5 aliphatic rings. The molecule has 1 unspecified atom stereocenters. The summed E-state index contributed by atoms with van der Waals surface area (Å²) in [5, 5.41) is 5.05. The maximum atomic E-state index is 14.8. The zero-order valence-corrected chi connectivity index (χ0v) is 23.3. The summed E-state index contributed by atoms with van der Waals surface area (Å²) < 4.78 is 38.4. The van der Waals surface area contributed by atoms with Gasteiger partial charge >= 0.3 is 6.16 Å². The molecule has 3 atom stereocenters. The number of allylic oxidation sites excluding steroid dienone is 6. The van der Waals surface area contributed by atoms with Gasteiger partial charge < -0.3 is 23.8 Å². The Hall–Kier alpha value is -4.42. The quantitative estimate of drug-likeness (QED) is 0.394. The van der Waals surface area contributed by atoms with Gasteiger partial charge in [-0.3, -0.25) is 19.3 Å². The summed E-state index contributed by atoms with van der Waals surface area (Å²) in [6.45, 7) is 0.228. The van der Waals surface area contributed by atoms with Crippen molar-refractivity contribution in [3.8, 4) is 5.75 Å². The van der Waals surface area contributed by atoms with Crippen molar-refractivity contribution in [2.24, 2.45) is 5.92 Å². The normalized spacial score (nSPS) is 24.0. The zero-order valence-electron chi connectivity index (χ0n) is 22.5.